The number of aliphatic hydroxyl groups is 2. The molecule has 0 radical (unpaired) electrons. The van der Waals surface area contributed by atoms with E-state index in [2.05, 4.69) is 4.74 Å². The monoisotopic (exact) mass is 160 g/mol. The van der Waals surface area contributed by atoms with Crippen LogP contribution in [0.3, 0.4) is 0 Å². The second-order valence-electron chi connectivity index (χ2n) is 1.97. The van der Waals surface area contributed by atoms with E-state index in [0.717, 1.165) is 0 Å². The molecule has 0 aromatic rings. The number of hydrogen-bond acceptors (Lipinski definition) is 4. The van der Waals surface area contributed by atoms with Crippen molar-refractivity contribution in [3.63, 3.8) is 0 Å². The molecule has 1 unspecified atom stereocenters. The van der Waals surface area contributed by atoms with E-state index in [4.69, 9.17) is 10.2 Å². The molecule has 1 atom stereocenters. The first-order valence-electron chi connectivity index (χ1n) is 3.29. The molecule has 0 spiro atoms. The maximum atomic E-state index is 10.6. The second-order valence-corrected chi connectivity index (χ2v) is 1.97. The number of rotatable bonds is 4. The molecule has 0 saturated carbocycles. The highest BCUT2D eigenvalue weighted by atomic mass is 16.5. The van der Waals surface area contributed by atoms with Crippen molar-refractivity contribution in [1.82, 2.24) is 0 Å². The summed E-state index contributed by atoms with van der Waals surface area (Å²) >= 11 is 0. The lowest BCUT2D eigenvalue weighted by Gasteiger charge is -2.05. The van der Waals surface area contributed by atoms with Crippen LogP contribution >= 0.6 is 0 Å². The van der Waals surface area contributed by atoms with Gasteiger partial charge in [-0.05, 0) is 6.92 Å². The molecule has 4 nitrogen and oxygen atoms in total. The second kappa shape index (κ2) is 5.88. The Balaban J connectivity index is 3.45. The molecule has 2 N–H and O–H groups in total. The van der Waals surface area contributed by atoms with Crippen LogP contribution < -0.4 is 0 Å². The Labute approximate surface area is 65.1 Å². The smallest absolute Gasteiger partial charge is 0.330 e. The Hall–Kier alpha value is -0.870. The highest BCUT2D eigenvalue weighted by Crippen LogP contribution is 1.86. The third kappa shape index (κ3) is 5.57. The zero-order chi connectivity index (χ0) is 8.69. The molecule has 0 aromatic carbocycles. The van der Waals surface area contributed by atoms with Gasteiger partial charge in [-0.3, -0.25) is 0 Å². The van der Waals surface area contributed by atoms with Gasteiger partial charge in [0.25, 0.3) is 0 Å². The van der Waals surface area contributed by atoms with Crippen LogP contribution in [0, 0.1) is 0 Å². The van der Waals surface area contributed by atoms with Gasteiger partial charge in [0.1, 0.15) is 12.7 Å². The van der Waals surface area contributed by atoms with E-state index >= 15 is 0 Å². The van der Waals surface area contributed by atoms with Crippen LogP contribution in [0.25, 0.3) is 0 Å². The molecule has 0 bridgehead atoms. The van der Waals surface area contributed by atoms with Gasteiger partial charge in [-0.2, -0.15) is 0 Å². The lowest BCUT2D eigenvalue weighted by atomic mass is 10.4. The number of carbonyl (C=O) groups excluding carboxylic acids is 1. The normalized spacial score (nSPS) is 13.4. The van der Waals surface area contributed by atoms with Crippen molar-refractivity contribution in [2.24, 2.45) is 0 Å². The standard InChI is InChI=1S/C7H12O4/c1-2-3-7(10)11-5-6(9)4-8/h2-3,6,8-9H,4-5H2,1H3/b3-2+. The first kappa shape index (κ1) is 10.1. The molecule has 0 aliphatic rings. The van der Waals surface area contributed by atoms with Gasteiger partial charge in [0.2, 0.25) is 0 Å². The molecule has 0 saturated heterocycles. The lowest BCUT2D eigenvalue weighted by Crippen LogP contribution is -2.21. The van der Waals surface area contributed by atoms with Gasteiger partial charge in [0.15, 0.2) is 0 Å². The maximum absolute atomic E-state index is 10.6. The Morgan fingerprint density at radius 2 is 2.36 bits per heavy atom. The van der Waals surface area contributed by atoms with Crippen molar-refractivity contribution < 1.29 is 19.7 Å². The Morgan fingerprint density at radius 3 is 2.82 bits per heavy atom. The summed E-state index contributed by atoms with van der Waals surface area (Å²) in [5.41, 5.74) is 0. The zero-order valence-electron chi connectivity index (χ0n) is 6.36. The molecular formula is C7H12O4. The van der Waals surface area contributed by atoms with Crippen LogP contribution in [-0.4, -0.2) is 35.5 Å². The summed E-state index contributed by atoms with van der Waals surface area (Å²) in [5, 5.41) is 17.0. The topological polar surface area (TPSA) is 66.8 Å². The number of hydrogen-bond donors (Lipinski definition) is 2. The fraction of sp³-hybridized carbons (Fsp3) is 0.571. The zero-order valence-corrected chi connectivity index (χ0v) is 6.36. The fourth-order valence-corrected chi connectivity index (χ4v) is 0.415. The molecule has 0 heterocycles. The minimum atomic E-state index is -0.982. The highest BCUT2D eigenvalue weighted by Gasteiger charge is 2.03. The molecule has 0 aromatic heterocycles. The van der Waals surface area contributed by atoms with Crippen LogP contribution in [-0.2, 0) is 9.53 Å². The van der Waals surface area contributed by atoms with Crippen molar-refractivity contribution in [3.05, 3.63) is 12.2 Å². The number of aliphatic hydroxyl groups excluding tert-OH is 2. The van der Waals surface area contributed by atoms with Crippen molar-refractivity contribution in [1.29, 1.82) is 0 Å². The van der Waals surface area contributed by atoms with Gasteiger partial charge in [-0.1, -0.05) is 6.08 Å². The minimum absolute atomic E-state index is 0.167. The van der Waals surface area contributed by atoms with Gasteiger partial charge < -0.3 is 14.9 Å². The summed E-state index contributed by atoms with van der Waals surface area (Å²) < 4.78 is 4.50. The van der Waals surface area contributed by atoms with Crippen LogP contribution in [0.5, 0.6) is 0 Å². The van der Waals surface area contributed by atoms with Crippen molar-refractivity contribution >= 4 is 5.97 Å². The van der Waals surface area contributed by atoms with Crippen molar-refractivity contribution in [2.45, 2.75) is 13.0 Å². The molecule has 11 heavy (non-hydrogen) atoms. The number of carbonyl (C=O) groups is 1. The Morgan fingerprint density at radius 1 is 1.73 bits per heavy atom. The molecule has 4 heteroatoms. The van der Waals surface area contributed by atoms with E-state index in [1.165, 1.54) is 12.2 Å². The van der Waals surface area contributed by atoms with Gasteiger partial charge in [-0.25, -0.2) is 4.79 Å². The SMILES string of the molecule is C/C=C/C(=O)OCC(O)CO. The number of esters is 1. The Kier molecular flexibility index (Phi) is 5.42. The first-order valence-corrected chi connectivity index (χ1v) is 3.29. The van der Waals surface area contributed by atoms with Gasteiger partial charge >= 0.3 is 5.97 Å². The number of ether oxygens (including phenoxy) is 1. The van der Waals surface area contributed by atoms with Crippen LogP contribution in [0.15, 0.2) is 12.2 Å². The highest BCUT2D eigenvalue weighted by molar-refractivity contribution is 5.81. The maximum Gasteiger partial charge on any atom is 0.330 e. The third-order valence-corrected chi connectivity index (χ3v) is 0.931. The molecule has 0 rings (SSSR count). The lowest BCUT2D eigenvalue weighted by molar-refractivity contribution is -0.141. The summed E-state index contributed by atoms with van der Waals surface area (Å²) in [7, 11) is 0. The van der Waals surface area contributed by atoms with Gasteiger partial charge in [0, 0.05) is 6.08 Å². The molecular weight excluding hydrogens is 148 g/mol. The van der Waals surface area contributed by atoms with Gasteiger partial charge in [0.05, 0.1) is 6.61 Å². The summed E-state index contributed by atoms with van der Waals surface area (Å²) in [4.78, 5) is 10.6. The Bertz CT molecular complexity index is 141. The predicted molar refractivity (Wildman–Crippen MR) is 38.9 cm³/mol. The van der Waals surface area contributed by atoms with Crippen LogP contribution in [0.4, 0.5) is 0 Å². The van der Waals surface area contributed by atoms with E-state index in [0.29, 0.717) is 0 Å². The van der Waals surface area contributed by atoms with Crippen molar-refractivity contribution in [2.75, 3.05) is 13.2 Å². The molecule has 0 fully saturated rings. The third-order valence-electron chi connectivity index (χ3n) is 0.931. The van der Waals surface area contributed by atoms with E-state index in [-0.39, 0.29) is 6.61 Å². The first-order chi connectivity index (χ1) is 5.20. The largest absolute Gasteiger partial charge is 0.460 e. The summed E-state index contributed by atoms with van der Waals surface area (Å²) in [6, 6.07) is 0. The van der Waals surface area contributed by atoms with Crippen LogP contribution in [0.2, 0.25) is 0 Å². The predicted octanol–water partition coefficient (Wildman–Crippen LogP) is -0.541. The summed E-state index contributed by atoms with van der Waals surface area (Å²) in [6.07, 6.45) is 1.79. The minimum Gasteiger partial charge on any atom is -0.460 e. The molecule has 0 amide bonds. The molecule has 0 aliphatic carbocycles. The van der Waals surface area contributed by atoms with E-state index in [9.17, 15) is 4.79 Å². The average Bonchev–Trinajstić information content (AvgIpc) is 2.01. The summed E-state index contributed by atoms with van der Waals surface area (Å²) in [6.45, 7) is 1.12. The fourth-order valence-electron chi connectivity index (χ4n) is 0.415. The van der Waals surface area contributed by atoms with E-state index in [1.807, 2.05) is 0 Å². The quantitative estimate of drug-likeness (QED) is 0.428. The summed E-state index contributed by atoms with van der Waals surface area (Å²) in [5.74, 6) is -0.514. The number of allylic oxidation sites excluding steroid dienone is 1. The van der Waals surface area contributed by atoms with Crippen LogP contribution in [0.1, 0.15) is 6.92 Å². The van der Waals surface area contributed by atoms with Crippen molar-refractivity contribution in [3.8, 4) is 0 Å². The molecule has 0 aliphatic heterocycles. The molecule has 64 valence electrons. The van der Waals surface area contributed by atoms with E-state index in [1.54, 1.807) is 6.92 Å². The van der Waals surface area contributed by atoms with Gasteiger partial charge in [-0.15, -0.1) is 0 Å². The van der Waals surface area contributed by atoms with E-state index < -0.39 is 18.7 Å². The average molecular weight is 160 g/mol.